The zero-order valence-corrected chi connectivity index (χ0v) is 13.8. The van der Waals surface area contributed by atoms with Crippen molar-refractivity contribution in [2.75, 3.05) is 10.0 Å². The number of aromatic amines is 1. The van der Waals surface area contributed by atoms with Crippen LogP contribution in [-0.4, -0.2) is 29.5 Å². The number of rotatable bonds is 4. The molecule has 0 aliphatic heterocycles. The van der Waals surface area contributed by atoms with Crippen LogP contribution in [0.4, 0.5) is 11.5 Å². The summed E-state index contributed by atoms with van der Waals surface area (Å²) in [5, 5.41) is 9.83. The zero-order valence-electron chi connectivity index (χ0n) is 13.0. The Balaban J connectivity index is 1.88. The van der Waals surface area contributed by atoms with Crippen LogP contribution in [0.15, 0.2) is 41.3 Å². The molecule has 24 heavy (non-hydrogen) atoms. The van der Waals surface area contributed by atoms with Crippen LogP contribution in [-0.2, 0) is 14.8 Å². The van der Waals surface area contributed by atoms with E-state index in [1.54, 1.807) is 12.1 Å². The monoisotopic (exact) mass is 345 g/mol. The Morgan fingerprint density at radius 3 is 2.50 bits per heavy atom. The molecule has 0 saturated carbocycles. The molecule has 3 aromatic rings. The number of aryl methyl sites for hydroxylation is 1. The van der Waals surface area contributed by atoms with Gasteiger partial charge < -0.3 is 5.32 Å². The molecule has 3 rings (SSSR count). The number of sulfonamides is 1. The average Bonchev–Trinajstić information content (AvgIpc) is 2.88. The van der Waals surface area contributed by atoms with Crippen molar-refractivity contribution in [2.24, 2.45) is 0 Å². The number of H-pyrrole nitrogens is 1. The van der Waals surface area contributed by atoms with Crippen molar-refractivity contribution in [3.05, 3.63) is 42.1 Å². The third-order valence-corrected chi connectivity index (χ3v) is 4.63. The second kappa shape index (κ2) is 5.93. The highest BCUT2D eigenvalue weighted by Gasteiger charge is 2.18. The van der Waals surface area contributed by atoms with Gasteiger partial charge in [0.05, 0.1) is 10.3 Å². The van der Waals surface area contributed by atoms with Gasteiger partial charge >= 0.3 is 0 Å². The van der Waals surface area contributed by atoms with Crippen molar-refractivity contribution in [1.29, 1.82) is 0 Å². The van der Waals surface area contributed by atoms with Crippen LogP contribution in [0.1, 0.15) is 12.6 Å². The Bertz CT molecular complexity index is 1010. The summed E-state index contributed by atoms with van der Waals surface area (Å²) < 4.78 is 27.4. The minimum Gasteiger partial charge on any atom is -0.326 e. The fourth-order valence-electron chi connectivity index (χ4n) is 2.19. The summed E-state index contributed by atoms with van der Waals surface area (Å²) in [5.41, 5.74) is 1.83. The Kier molecular flexibility index (Phi) is 3.94. The number of hydrogen-bond donors (Lipinski definition) is 3. The Hall–Kier alpha value is -2.94. The van der Waals surface area contributed by atoms with Crippen LogP contribution >= 0.6 is 0 Å². The molecular weight excluding hydrogens is 330 g/mol. The highest BCUT2D eigenvalue weighted by molar-refractivity contribution is 7.92. The van der Waals surface area contributed by atoms with Gasteiger partial charge in [0, 0.05) is 18.3 Å². The first kappa shape index (κ1) is 15.9. The molecule has 1 aromatic carbocycles. The number of anilines is 2. The molecular formula is C15H15N5O3S. The van der Waals surface area contributed by atoms with Gasteiger partial charge in [0.15, 0.2) is 11.5 Å². The molecule has 0 atom stereocenters. The summed E-state index contributed by atoms with van der Waals surface area (Å²) in [7, 11) is -3.80. The van der Waals surface area contributed by atoms with E-state index in [1.807, 2.05) is 6.92 Å². The lowest BCUT2D eigenvalue weighted by Crippen LogP contribution is -2.13. The molecule has 124 valence electrons. The summed E-state index contributed by atoms with van der Waals surface area (Å²) in [6.45, 7) is 3.21. The first-order chi connectivity index (χ1) is 11.3. The number of benzene rings is 1. The van der Waals surface area contributed by atoms with E-state index in [1.165, 1.54) is 31.2 Å². The fraction of sp³-hybridized carbons (Fsp3) is 0.133. The second-order valence-electron chi connectivity index (χ2n) is 5.23. The molecule has 0 aliphatic carbocycles. The van der Waals surface area contributed by atoms with Crippen LogP contribution in [0, 0.1) is 6.92 Å². The average molecular weight is 345 g/mol. The van der Waals surface area contributed by atoms with Crippen LogP contribution in [0.5, 0.6) is 0 Å². The van der Waals surface area contributed by atoms with Crippen LogP contribution in [0.3, 0.4) is 0 Å². The van der Waals surface area contributed by atoms with Crippen LogP contribution in [0.2, 0.25) is 0 Å². The van der Waals surface area contributed by atoms with Gasteiger partial charge in [-0.05, 0) is 43.3 Å². The predicted molar refractivity (Wildman–Crippen MR) is 90.2 cm³/mol. The Labute approximate surface area is 138 Å². The second-order valence-corrected chi connectivity index (χ2v) is 6.91. The lowest BCUT2D eigenvalue weighted by atomic mass is 10.3. The quantitative estimate of drug-likeness (QED) is 0.669. The third kappa shape index (κ3) is 3.20. The van der Waals surface area contributed by atoms with E-state index in [2.05, 4.69) is 25.2 Å². The number of nitrogens with one attached hydrogen (secondary N) is 3. The molecule has 8 nitrogen and oxygen atoms in total. The number of fused-ring (bicyclic) bond motifs is 1. The molecule has 0 aliphatic rings. The van der Waals surface area contributed by atoms with Gasteiger partial charge in [-0.15, -0.1) is 0 Å². The molecule has 0 unspecified atom stereocenters. The van der Waals surface area contributed by atoms with Gasteiger partial charge in [0.25, 0.3) is 10.0 Å². The Morgan fingerprint density at radius 1 is 1.12 bits per heavy atom. The van der Waals surface area contributed by atoms with E-state index in [4.69, 9.17) is 0 Å². The summed E-state index contributed by atoms with van der Waals surface area (Å²) in [5.74, 6) is -0.0436. The highest BCUT2D eigenvalue weighted by Crippen LogP contribution is 2.23. The normalized spacial score (nSPS) is 11.4. The van der Waals surface area contributed by atoms with E-state index in [0.717, 1.165) is 5.69 Å². The predicted octanol–water partition coefficient (Wildman–Crippen LogP) is 2.03. The van der Waals surface area contributed by atoms with Gasteiger partial charge in [0.2, 0.25) is 5.91 Å². The topological polar surface area (TPSA) is 117 Å². The van der Waals surface area contributed by atoms with Crippen molar-refractivity contribution in [3.63, 3.8) is 0 Å². The van der Waals surface area contributed by atoms with Crippen LogP contribution in [0.25, 0.3) is 11.0 Å². The van der Waals surface area contributed by atoms with Gasteiger partial charge in [-0.25, -0.2) is 13.4 Å². The number of pyridine rings is 1. The maximum atomic E-state index is 12.5. The van der Waals surface area contributed by atoms with E-state index in [-0.39, 0.29) is 16.6 Å². The molecule has 0 bridgehead atoms. The van der Waals surface area contributed by atoms with Gasteiger partial charge in [-0.3, -0.25) is 14.6 Å². The van der Waals surface area contributed by atoms with Crippen molar-refractivity contribution < 1.29 is 13.2 Å². The maximum absolute atomic E-state index is 12.5. The molecule has 9 heteroatoms. The molecule has 0 spiro atoms. The molecule has 1 amide bonds. The van der Waals surface area contributed by atoms with Crippen molar-refractivity contribution in [1.82, 2.24) is 15.2 Å². The number of amides is 1. The van der Waals surface area contributed by atoms with E-state index >= 15 is 0 Å². The first-order valence-electron chi connectivity index (χ1n) is 7.07. The zero-order chi connectivity index (χ0) is 17.3. The number of carbonyl (C=O) groups is 1. The first-order valence-corrected chi connectivity index (χ1v) is 8.56. The standard InChI is InChI=1S/C15H15N5O3S/c1-9-3-8-13-14(16-9)18-19-15(13)20-24(22,23)12-6-4-11(5-7-12)17-10(2)21/h3-8H,1-2H3,(H,17,21)(H2,16,18,19,20). The third-order valence-electron chi connectivity index (χ3n) is 3.28. The molecule has 2 aromatic heterocycles. The Morgan fingerprint density at radius 2 is 1.83 bits per heavy atom. The lowest BCUT2D eigenvalue weighted by molar-refractivity contribution is -0.114. The fourth-order valence-corrected chi connectivity index (χ4v) is 3.21. The molecule has 0 fully saturated rings. The van der Waals surface area contributed by atoms with Crippen molar-refractivity contribution in [3.8, 4) is 0 Å². The van der Waals surface area contributed by atoms with Crippen LogP contribution < -0.4 is 10.0 Å². The number of aromatic nitrogens is 3. The molecule has 0 saturated heterocycles. The van der Waals surface area contributed by atoms with Crippen molar-refractivity contribution >= 4 is 38.5 Å². The summed E-state index contributed by atoms with van der Waals surface area (Å²) in [4.78, 5) is 15.3. The maximum Gasteiger partial charge on any atom is 0.263 e. The summed E-state index contributed by atoms with van der Waals surface area (Å²) in [6, 6.07) is 9.37. The largest absolute Gasteiger partial charge is 0.326 e. The molecule has 2 heterocycles. The smallest absolute Gasteiger partial charge is 0.263 e. The number of nitrogens with zero attached hydrogens (tertiary/aromatic N) is 2. The van der Waals surface area contributed by atoms with Gasteiger partial charge in [-0.1, -0.05) is 0 Å². The molecule has 3 N–H and O–H groups in total. The van der Waals surface area contributed by atoms with Crippen molar-refractivity contribution in [2.45, 2.75) is 18.7 Å². The van der Waals surface area contributed by atoms with E-state index < -0.39 is 10.0 Å². The summed E-state index contributed by atoms with van der Waals surface area (Å²) >= 11 is 0. The molecule has 0 radical (unpaired) electrons. The SMILES string of the molecule is CC(=O)Nc1ccc(S(=O)(=O)Nc2n[nH]c3nc(C)ccc23)cc1. The lowest BCUT2D eigenvalue weighted by Gasteiger charge is -2.07. The van der Waals surface area contributed by atoms with Gasteiger partial charge in [-0.2, -0.15) is 5.10 Å². The minimum atomic E-state index is -3.80. The minimum absolute atomic E-state index is 0.0628. The highest BCUT2D eigenvalue weighted by atomic mass is 32.2. The number of carbonyl (C=O) groups excluding carboxylic acids is 1. The van der Waals surface area contributed by atoms with E-state index in [9.17, 15) is 13.2 Å². The summed E-state index contributed by atoms with van der Waals surface area (Å²) in [6.07, 6.45) is 0. The van der Waals surface area contributed by atoms with Gasteiger partial charge in [0.1, 0.15) is 0 Å². The van der Waals surface area contributed by atoms with E-state index in [0.29, 0.717) is 16.7 Å². The number of hydrogen-bond acceptors (Lipinski definition) is 5.